The SMILES string of the molecule is [C-]#[N+]C[C@H]1CN(c2nc(OCC3(CN(C)C)CC3)nc3c2CCN(c2cccc4cccc(C)c24)C3)CCN1C(=O)C=C. The highest BCUT2D eigenvalue weighted by molar-refractivity contribution is 5.97. The Kier molecular flexibility index (Phi) is 7.97. The maximum atomic E-state index is 12.6. The molecule has 9 heteroatoms. The largest absolute Gasteiger partial charge is 0.463 e. The van der Waals surface area contributed by atoms with Crippen LogP contribution in [0.3, 0.4) is 0 Å². The minimum absolute atomic E-state index is 0.126. The summed E-state index contributed by atoms with van der Waals surface area (Å²) in [5.74, 6) is 0.755. The van der Waals surface area contributed by atoms with Gasteiger partial charge in [0.15, 0.2) is 0 Å². The Hall–Kier alpha value is -4.16. The van der Waals surface area contributed by atoms with Crippen molar-refractivity contribution in [1.29, 1.82) is 0 Å². The second-order valence-corrected chi connectivity index (χ2v) is 12.6. The molecule has 1 atom stereocenters. The van der Waals surface area contributed by atoms with E-state index in [2.05, 4.69) is 83.5 Å². The summed E-state index contributed by atoms with van der Waals surface area (Å²) in [5, 5.41) is 2.52. The van der Waals surface area contributed by atoms with Crippen molar-refractivity contribution in [2.45, 2.75) is 38.8 Å². The van der Waals surface area contributed by atoms with Gasteiger partial charge in [0.1, 0.15) is 11.9 Å². The molecule has 3 aliphatic rings. The number of hydrogen-bond acceptors (Lipinski definition) is 7. The van der Waals surface area contributed by atoms with Crippen molar-refractivity contribution in [3.8, 4) is 6.01 Å². The second kappa shape index (κ2) is 11.8. The van der Waals surface area contributed by atoms with Gasteiger partial charge in [-0.05, 0) is 63.4 Å². The van der Waals surface area contributed by atoms with E-state index >= 15 is 0 Å². The zero-order valence-corrected chi connectivity index (χ0v) is 25.6. The fourth-order valence-corrected chi connectivity index (χ4v) is 6.82. The Morgan fingerprint density at radius 1 is 1.16 bits per heavy atom. The quantitative estimate of drug-likeness (QED) is 0.276. The molecular formula is C34H41N7O2. The number of aryl methyl sites for hydroxylation is 1. The topological polar surface area (TPSA) is 69.4 Å². The molecule has 1 saturated heterocycles. The van der Waals surface area contributed by atoms with Gasteiger partial charge < -0.3 is 29.2 Å². The molecule has 0 spiro atoms. The Balaban J connectivity index is 1.34. The molecule has 224 valence electrons. The van der Waals surface area contributed by atoms with Crippen molar-refractivity contribution < 1.29 is 9.53 Å². The van der Waals surface area contributed by atoms with Crippen LogP contribution in [-0.2, 0) is 17.8 Å². The van der Waals surface area contributed by atoms with Gasteiger partial charge in [-0.15, -0.1) is 0 Å². The van der Waals surface area contributed by atoms with Crippen LogP contribution in [0.2, 0.25) is 0 Å². The van der Waals surface area contributed by atoms with E-state index in [0.29, 0.717) is 38.8 Å². The van der Waals surface area contributed by atoms with Gasteiger partial charge in [-0.2, -0.15) is 9.97 Å². The number of carbonyl (C=O) groups excluding carboxylic acids is 1. The molecule has 1 saturated carbocycles. The second-order valence-electron chi connectivity index (χ2n) is 12.6. The predicted octanol–water partition coefficient (Wildman–Crippen LogP) is 4.34. The predicted molar refractivity (Wildman–Crippen MR) is 171 cm³/mol. The highest BCUT2D eigenvalue weighted by Gasteiger charge is 2.44. The molecule has 43 heavy (non-hydrogen) atoms. The minimum atomic E-state index is -0.222. The molecule has 1 aliphatic carbocycles. The van der Waals surface area contributed by atoms with Crippen LogP contribution < -0.4 is 14.5 Å². The van der Waals surface area contributed by atoms with Gasteiger partial charge in [0, 0.05) is 54.8 Å². The average Bonchev–Trinajstić information content (AvgIpc) is 3.77. The van der Waals surface area contributed by atoms with E-state index in [1.165, 1.54) is 28.1 Å². The Morgan fingerprint density at radius 2 is 1.95 bits per heavy atom. The first kappa shape index (κ1) is 28.9. The summed E-state index contributed by atoms with van der Waals surface area (Å²) >= 11 is 0. The van der Waals surface area contributed by atoms with Gasteiger partial charge in [-0.25, -0.2) is 6.57 Å². The molecule has 2 aliphatic heterocycles. The Labute approximate surface area is 254 Å². The monoisotopic (exact) mass is 579 g/mol. The molecule has 0 radical (unpaired) electrons. The van der Waals surface area contributed by atoms with Crippen molar-refractivity contribution in [3.63, 3.8) is 0 Å². The molecule has 1 amide bonds. The molecule has 6 rings (SSSR count). The number of rotatable bonds is 9. The summed E-state index contributed by atoms with van der Waals surface area (Å²) in [7, 11) is 4.21. The Morgan fingerprint density at radius 3 is 2.67 bits per heavy atom. The van der Waals surface area contributed by atoms with Crippen LogP contribution in [0.15, 0.2) is 49.1 Å². The summed E-state index contributed by atoms with van der Waals surface area (Å²) in [6, 6.07) is 13.2. The van der Waals surface area contributed by atoms with Gasteiger partial charge in [0.25, 0.3) is 0 Å². The fraction of sp³-hybridized carbons (Fsp3) is 0.471. The maximum absolute atomic E-state index is 12.6. The minimum Gasteiger partial charge on any atom is -0.463 e. The highest BCUT2D eigenvalue weighted by atomic mass is 16.5. The van der Waals surface area contributed by atoms with Crippen molar-refractivity contribution >= 4 is 28.2 Å². The molecule has 2 fully saturated rings. The lowest BCUT2D eigenvalue weighted by molar-refractivity contribution is -0.128. The average molecular weight is 580 g/mol. The van der Waals surface area contributed by atoms with Gasteiger partial charge in [0.05, 0.1) is 18.8 Å². The smallest absolute Gasteiger partial charge is 0.318 e. The highest BCUT2D eigenvalue weighted by Crippen LogP contribution is 2.46. The van der Waals surface area contributed by atoms with Gasteiger partial charge in [0.2, 0.25) is 12.5 Å². The number of carbonyl (C=O) groups is 1. The third kappa shape index (κ3) is 5.89. The molecule has 0 N–H and O–H groups in total. The van der Waals surface area contributed by atoms with E-state index in [4.69, 9.17) is 21.3 Å². The number of benzene rings is 2. The first-order valence-electron chi connectivity index (χ1n) is 15.2. The summed E-state index contributed by atoms with van der Waals surface area (Å²) in [6.07, 6.45) is 4.44. The van der Waals surface area contributed by atoms with Gasteiger partial charge in [-0.3, -0.25) is 4.79 Å². The zero-order chi connectivity index (χ0) is 30.1. The van der Waals surface area contributed by atoms with Crippen LogP contribution in [0.4, 0.5) is 11.5 Å². The molecule has 0 bridgehead atoms. The fourth-order valence-electron chi connectivity index (χ4n) is 6.82. The maximum Gasteiger partial charge on any atom is 0.318 e. The van der Waals surface area contributed by atoms with Crippen LogP contribution >= 0.6 is 0 Å². The molecule has 2 aromatic carbocycles. The first-order chi connectivity index (χ1) is 20.8. The summed E-state index contributed by atoms with van der Waals surface area (Å²) in [4.78, 5) is 34.9. The molecule has 1 aromatic heterocycles. The first-order valence-corrected chi connectivity index (χ1v) is 15.2. The number of anilines is 2. The zero-order valence-electron chi connectivity index (χ0n) is 25.6. The van der Waals surface area contributed by atoms with E-state index in [1.54, 1.807) is 4.90 Å². The molecule has 3 heterocycles. The number of amides is 1. The van der Waals surface area contributed by atoms with E-state index in [9.17, 15) is 4.79 Å². The van der Waals surface area contributed by atoms with Crippen molar-refractivity contribution in [2.24, 2.45) is 5.41 Å². The van der Waals surface area contributed by atoms with Crippen molar-refractivity contribution in [1.82, 2.24) is 19.8 Å². The van der Waals surface area contributed by atoms with Crippen LogP contribution in [0.1, 0.15) is 29.7 Å². The number of aromatic nitrogens is 2. The third-order valence-corrected chi connectivity index (χ3v) is 9.11. The summed E-state index contributed by atoms with van der Waals surface area (Å²) < 4.78 is 6.39. The van der Waals surface area contributed by atoms with E-state index < -0.39 is 0 Å². The van der Waals surface area contributed by atoms with Gasteiger partial charge in [-0.1, -0.05) is 36.9 Å². The van der Waals surface area contributed by atoms with Crippen molar-refractivity contribution in [3.05, 3.63) is 77.3 Å². The number of hydrogen-bond donors (Lipinski definition) is 0. The summed E-state index contributed by atoms with van der Waals surface area (Å²) in [6.45, 7) is 18.4. The lowest BCUT2D eigenvalue weighted by Gasteiger charge is -2.41. The normalized spacial score (nSPS) is 19.2. The van der Waals surface area contributed by atoms with Crippen LogP contribution in [-0.4, -0.2) is 91.7 Å². The van der Waals surface area contributed by atoms with Crippen molar-refractivity contribution in [2.75, 3.05) is 69.8 Å². The molecular weight excluding hydrogens is 538 g/mol. The van der Waals surface area contributed by atoms with Crippen LogP contribution in [0.25, 0.3) is 15.6 Å². The summed E-state index contributed by atoms with van der Waals surface area (Å²) in [5.41, 5.74) is 4.77. The van der Waals surface area contributed by atoms with Crippen LogP contribution in [0, 0.1) is 18.9 Å². The third-order valence-electron chi connectivity index (χ3n) is 9.11. The molecule has 9 nitrogen and oxygen atoms in total. The van der Waals surface area contributed by atoms with Crippen LogP contribution in [0.5, 0.6) is 6.01 Å². The lowest BCUT2D eigenvalue weighted by atomic mass is 9.99. The standard InChI is InChI=1S/C34H41N7O2/c1-6-30(42)41-18-17-40(20-26(41)19-35-3)32-27-13-16-39(29-12-8-11-25-10-7-9-24(2)31(25)29)21-28(27)36-33(37-32)43-23-34(14-15-34)22-38(4)5/h6-12,26H,1,13-23H2,2,4-5H3/t26-/m0/s1. The van der Waals surface area contributed by atoms with E-state index in [0.717, 1.165) is 49.4 Å². The lowest BCUT2D eigenvalue weighted by Crippen LogP contribution is -2.56. The molecule has 3 aromatic rings. The number of piperazine rings is 1. The van der Waals surface area contributed by atoms with E-state index in [-0.39, 0.29) is 23.9 Å². The molecule has 0 unspecified atom stereocenters. The number of fused-ring (bicyclic) bond motifs is 2. The van der Waals surface area contributed by atoms with E-state index in [1.807, 2.05) is 0 Å². The Bertz CT molecular complexity index is 1570. The number of nitrogens with zero attached hydrogens (tertiary/aromatic N) is 7. The number of ether oxygens (including phenoxy) is 1. The van der Waals surface area contributed by atoms with Gasteiger partial charge >= 0.3 is 6.01 Å².